The molecule has 0 saturated carbocycles. The van der Waals surface area contributed by atoms with Crippen LogP contribution in [0, 0.1) is 5.82 Å². The standard InChI is InChI=1S/C13H13Cl2FN2O3/c1-13(11(19)20)3-2-4-18(13)12(21)17-7-5-8(14)10(16)9(15)6-7/h5-6H,2-4H2,1H3,(H,17,21)(H,19,20). The Kier molecular flexibility index (Phi) is 4.30. The van der Waals surface area contributed by atoms with Crippen molar-refractivity contribution in [3.8, 4) is 0 Å². The number of likely N-dealkylation sites (tertiary alicyclic amines) is 1. The van der Waals surface area contributed by atoms with Crippen molar-refractivity contribution in [3.05, 3.63) is 28.0 Å². The normalized spacial score (nSPS) is 21.4. The molecule has 1 heterocycles. The molecule has 0 aliphatic carbocycles. The molecule has 1 aromatic rings. The number of rotatable bonds is 2. The summed E-state index contributed by atoms with van der Waals surface area (Å²) in [4.78, 5) is 24.8. The second-order valence-electron chi connectivity index (χ2n) is 5.02. The largest absolute Gasteiger partial charge is 0.480 e. The lowest BCUT2D eigenvalue weighted by atomic mass is 10.00. The van der Waals surface area contributed by atoms with E-state index in [1.807, 2.05) is 0 Å². The Morgan fingerprint density at radius 1 is 1.38 bits per heavy atom. The number of nitrogens with zero attached hydrogens (tertiary/aromatic N) is 1. The maximum absolute atomic E-state index is 13.3. The fraction of sp³-hybridized carbons (Fsp3) is 0.385. The van der Waals surface area contributed by atoms with Crippen LogP contribution in [0.2, 0.25) is 10.0 Å². The van der Waals surface area contributed by atoms with Gasteiger partial charge in [0.15, 0.2) is 5.82 Å². The third-order valence-electron chi connectivity index (χ3n) is 3.58. The third-order valence-corrected chi connectivity index (χ3v) is 4.13. The Morgan fingerprint density at radius 2 is 1.95 bits per heavy atom. The van der Waals surface area contributed by atoms with E-state index in [0.29, 0.717) is 19.4 Å². The average molecular weight is 335 g/mol. The van der Waals surface area contributed by atoms with Crippen molar-refractivity contribution in [1.82, 2.24) is 4.90 Å². The molecule has 2 rings (SSSR count). The van der Waals surface area contributed by atoms with E-state index < -0.39 is 23.4 Å². The minimum absolute atomic E-state index is 0.205. The number of amides is 2. The molecule has 8 heteroatoms. The first-order valence-electron chi connectivity index (χ1n) is 6.22. The van der Waals surface area contributed by atoms with Crippen molar-refractivity contribution in [2.45, 2.75) is 25.3 Å². The van der Waals surface area contributed by atoms with Gasteiger partial charge in [-0.3, -0.25) is 0 Å². The summed E-state index contributed by atoms with van der Waals surface area (Å²) < 4.78 is 13.3. The summed E-state index contributed by atoms with van der Waals surface area (Å²) in [6.45, 7) is 1.82. The van der Waals surface area contributed by atoms with E-state index in [2.05, 4.69) is 5.32 Å². The summed E-state index contributed by atoms with van der Waals surface area (Å²) >= 11 is 11.3. The van der Waals surface area contributed by atoms with Crippen LogP contribution in [0.15, 0.2) is 12.1 Å². The second kappa shape index (κ2) is 5.69. The van der Waals surface area contributed by atoms with Gasteiger partial charge in [0.05, 0.1) is 10.0 Å². The van der Waals surface area contributed by atoms with Gasteiger partial charge in [-0.1, -0.05) is 23.2 Å². The van der Waals surface area contributed by atoms with Crippen molar-refractivity contribution in [1.29, 1.82) is 0 Å². The molecule has 0 spiro atoms. The highest BCUT2D eigenvalue weighted by Gasteiger charge is 2.46. The topological polar surface area (TPSA) is 69.6 Å². The minimum Gasteiger partial charge on any atom is -0.480 e. The van der Waals surface area contributed by atoms with Crippen LogP contribution in [0.3, 0.4) is 0 Å². The zero-order valence-electron chi connectivity index (χ0n) is 11.1. The van der Waals surface area contributed by atoms with Crippen LogP contribution < -0.4 is 5.32 Å². The Bertz CT molecular complexity index is 588. The number of carbonyl (C=O) groups excluding carboxylic acids is 1. The number of hydrogen-bond donors (Lipinski definition) is 2. The molecule has 5 nitrogen and oxygen atoms in total. The van der Waals surface area contributed by atoms with Crippen LogP contribution in [0.5, 0.6) is 0 Å². The van der Waals surface area contributed by atoms with Gasteiger partial charge in [-0.25, -0.2) is 14.0 Å². The molecule has 114 valence electrons. The molecule has 1 aliphatic rings. The number of hydrogen-bond acceptors (Lipinski definition) is 2. The fourth-order valence-electron chi connectivity index (χ4n) is 2.33. The van der Waals surface area contributed by atoms with Gasteiger partial charge in [0.2, 0.25) is 0 Å². The van der Waals surface area contributed by atoms with Crippen LogP contribution in [0.25, 0.3) is 0 Å². The highest BCUT2D eigenvalue weighted by Crippen LogP contribution is 2.31. The van der Waals surface area contributed by atoms with Gasteiger partial charge in [-0.2, -0.15) is 0 Å². The summed E-state index contributed by atoms with van der Waals surface area (Å²) in [6.07, 6.45) is 0.974. The van der Waals surface area contributed by atoms with Crippen LogP contribution in [0.4, 0.5) is 14.9 Å². The molecule has 1 aliphatic heterocycles. The molecular formula is C13H13Cl2FN2O3. The molecule has 0 aromatic heterocycles. The quantitative estimate of drug-likeness (QED) is 0.812. The molecule has 1 atom stereocenters. The number of benzene rings is 1. The Morgan fingerprint density at radius 3 is 2.48 bits per heavy atom. The lowest BCUT2D eigenvalue weighted by molar-refractivity contribution is -0.146. The molecule has 21 heavy (non-hydrogen) atoms. The molecule has 0 radical (unpaired) electrons. The Labute approximate surface area is 130 Å². The average Bonchev–Trinajstić information content (AvgIpc) is 2.79. The van der Waals surface area contributed by atoms with E-state index in [1.165, 1.54) is 24.0 Å². The summed E-state index contributed by atoms with van der Waals surface area (Å²) in [5.41, 5.74) is -1.05. The summed E-state index contributed by atoms with van der Waals surface area (Å²) in [5.74, 6) is -1.83. The van der Waals surface area contributed by atoms with Crippen LogP contribution in [-0.4, -0.2) is 34.1 Å². The van der Waals surface area contributed by atoms with Gasteiger partial charge in [0, 0.05) is 12.2 Å². The van der Waals surface area contributed by atoms with E-state index >= 15 is 0 Å². The SMILES string of the molecule is CC1(C(=O)O)CCCN1C(=O)Nc1cc(Cl)c(F)c(Cl)c1. The van der Waals surface area contributed by atoms with Crippen molar-refractivity contribution in [3.63, 3.8) is 0 Å². The molecule has 1 saturated heterocycles. The fourth-order valence-corrected chi connectivity index (χ4v) is 2.82. The monoisotopic (exact) mass is 334 g/mol. The van der Waals surface area contributed by atoms with Gasteiger partial charge in [0.25, 0.3) is 0 Å². The van der Waals surface area contributed by atoms with Crippen molar-refractivity contribution in [2.75, 3.05) is 11.9 Å². The number of nitrogens with one attached hydrogen (secondary N) is 1. The van der Waals surface area contributed by atoms with E-state index in [-0.39, 0.29) is 15.7 Å². The Balaban J connectivity index is 2.20. The van der Waals surface area contributed by atoms with Gasteiger partial charge >= 0.3 is 12.0 Å². The molecule has 2 N–H and O–H groups in total. The van der Waals surface area contributed by atoms with E-state index in [1.54, 1.807) is 0 Å². The molecule has 0 bridgehead atoms. The smallest absolute Gasteiger partial charge is 0.329 e. The number of aliphatic carboxylic acids is 1. The third kappa shape index (κ3) is 2.91. The van der Waals surface area contributed by atoms with E-state index in [4.69, 9.17) is 23.2 Å². The minimum atomic E-state index is -1.25. The predicted octanol–water partition coefficient (Wildman–Crippen LogP) is 3.60. The summed E-state index contributed by atoms with van der Waals surface area (Å²) in [5, 5.41) is 11.3. The number of anilines is 1. The van der Waals surface area contributed by atoms with Crippen LogP contribution in [0.1, 0.15) is 19.8 Å². The molecule has 1 aromatic carbocycles. The predicted molar refractivity (Wildman–Crippen MR) is 77.4 cm³/mol. The lowest BCUT2D eigenvalue weighted by Crippen LogP contribution is -2.52. The van der Waals surface area contributed by atoms with Gasteiger partial charge in [-0.05, 0) is 31.9 Å². The number of carboxylic acid groups (broad SMARTS) is 1. The van der Waals surface area contributed by atoms with Crippen LogP contribution in [-0.2, 0) is 4.79 Å². The van der Waals surface area contributed by atoms with Crippen molar-refractivity contribution >= 4 is 40.9 Å². The van der Waals surface area contributed by atoms with Crippen molar-refractivity contribution in [2.24, 2.45) is 0 Å². The zero-order chi connectivity index (χ0) is 15.8. The first-order valence-corrected chi connectivity index (χ1v) is 6.98. The lowest BCUT2D eigenvalue weighted by Gasteiger charge is -2.31. The molecule has 2 amide bonds. The molecular weight excluding hydrogens is 322 g/mol. The maximum atomic E-state index is 13.3. The van der Waals surface area contributed by atoms with Gasteiger partial charge < -0.3 is 15.3 Å². The number of carbonyl (C=O) groups is 2. The summed E-state index contributed by atoms with van der Waals surface area (Å²) in [7, 11) is 0. The van der Waals surface area contributed by atoms with E-state index in [9.17, 15) is 19.1 Å². The first kappa shape index (κ1) is 15.9. The zero-order valence-corrected chi connectivity index (χ0v) is 12.6. The molecule has 1 fully saturated rings. The second-order valence-corrected chi connectivity index (χ2v) is 5.83. The number of urea groups is 1. The van der Waals surface area contributed by atoms with Crippen molar-refractivity contribution < 1.29 is 19.1 Å². The Hall–Kier alpha value is -1.53. The first-order chi connectivity index (χ1) is 9.75. The van der Waals surface area contributed by atoms with E-state index in [0.717, 1.165) is 0 Å². The van der Waals surface area contributed by atoms with Gasteiger partial charge in [-0.15, -0.1) is 0 Å². The number of carboxylic acids is 1. The number of halogens is 3. The van der Waals surface area contributed by atoms with Crippen LogP contribution >= 0.6 is 23.2 Å². The maximum Gasteiger partial charge on any atom is 0.329 e. The highest BCUT2D eigenvalue weighted by molar-refractivity contribution is 6.35. The summed E-state index contributed by atoms with van der Waals surface area (Å²) in [6, 6.07) is 1.85. The molecule has 1 unspecified atom stereocenters. The van der Waals surface area contributed by atoms with Gasteiger partial charge in [0.1, 0.15) is 5.54 Å². The highest BCUT2D eigenvalue weighted by atomic mass is 35.5.